The molecule has 0 saturated heterocycles. The summed E-state index contributed by atoms with van der Waals surface area (Å²) in [5.74, 6) is 2.43. The topological polar surface area (TPSA) is 60.7 Å². The minimum Gasteiger partial charge on any atom is -0.396 e. The fourth-order valence-electron chi connectivity index (χ4n) is 3.55. The van der Waals surface area contributed by atoms with E-state index in [1.54, 1.807) is 0 Å². The van der Waals surface area contributed by atoms with Crippen molar-refractivity contribution in [1.29, 1.82) is 0 Å². The molecule has 0 bridgehead atoms. The second-order valence-electron chi connectivity index (χ2n) is 8.36. The maximum absolute atomic E-state index is 10.9. The van der Waals surface area contributed by atoms with E-state index in [0.29, 0.717) is 36.2 Å². The van der Waals surface area contributed by atoms with E-state index in [4.69, 9.17) is 10.2 Å². The second kappa shape index (κ2) is 11.4. The molecule has 23 heavy (non-hydrogen) atoms. The zero-order valence-corrected chi connectivity index (χ0v) is 16.4. The van der Waals surface area contributed by atoms with E-state index in [0.717, 1.165) is 32.1 Å². The number of aliphatic hydroxyl groups is 3. The summed E-state index contributed by atoms with van der Waals surface area (Å²) in [5, 5.41) is 28.4. The highest BCUT2D eigenvalue weighted by Crippen LogP contribution is 2.43. The average molecular weight is 331 g/mol. The number of aliphatic hydroxyl groups excluding tert-OH is 2. The van der Waals surface area contributed by atoms with Gasteiger partial charge < -0.3 is 15.3 Å². The number of rotatable bonds is 7. The quantitative estimate of drug-likeness (QED) is 0.654. The zero-order valence-electron chi connectivity index (χ0n) is 16.4. The highest BCUT2D eigenvalue weighted by atomic mass is 16.3. The molecular weight excluding hydrogens is 288 g/mol. The molecule has 2 unspecified atom stereocenters. The van der Waals surface area contributed by atoms with Gasteiger partial charge >= 0.3 is 0 Å². The third kappa shape index (κ3) is 8.51. The Hall–Kier alpha value is -0.120. The Morgan fingerprint density at radius 1 is 1.00 bits per heavy atom. The Morgan fingerprint density at radius 3 is 1.96 bits per heavy atom. The van der Waals surface area contributed by atoms with Crippen LogP contribution >= 0.6 is 0 Å². The van der Waals surface area contributed by atoms with E-state index in [-0.39, 0.29) is 6.61 Å². The van der Waals surface area contributed by atoms with Gasteiger partial charge in [0.1, 0.15) is 0 Å². The number of hydrogen-bond donors (Lipinski definition) is 3. The maximum Gasteiger partial charge on any atom is 0.0680 e. The Morgan fingerprint density at radius 2 is 1.57 bits per heavy atom. The van der Waals surface area contributed by atoms with Crippen LogP contribution in [-0.4, -0.2) is 34.1 Å². The van der Waals surface area contributed by atoms with Gasteiger partial charge in [-0.1, -0.05) is 54.4 Å². The molecule has 3 heteroatoms. The third-order valence-corrected chi connectivity index (χ3v) is 5.56. The third-order valence-electron chi connectivity index (χ3n) is 5.56. The van der Waals surface area contributed by atoms with Gasteiger partial charge in [-0.05, 0) is 55.3 Å². The Kier molecular flexibility index (Phi) is 11.4. The van der Waals surface area contributed by atoms with Crippen molar-refractivity contribution in [3.8, 4) is 0 Å². The van der Waals surface area contributed by atoms with Gasteiger partial charge in [0.2, 0.25) is 0 Å². The van der Waals surface area contributed by atoms with Gasteiger partial charge in [-0.2, -0.15) is 0 Å². The van der Waals surface area contributed by atoms with Crippen LogP contribution in [0.2, 0.25) is 0 Å². The van der Waals surface area contributed by atoms with Crippen molar-refractivity contribution in [3.63, 3.8) is 0 Å². The van der Waals surface area contributed by atoms with Crippen LogP contribution in [0, 0.1) is 29.6 Å². The van der Waals surface area contributed by atoms with Gasteiger partial charge in [0.15, 0.2) is 0 Å². The highest BCUT2D eigenvalue weighted by Gasteiger charge is 2.42. The van der Waals surface area contributed by atoms with Crippen molar-refractivity contribution in [3.05, 3.63) is 0 Å². The minimum atomic E-state index is -0.491. The first-order chi connectivity index (χ1) is 10.7. The normalized spacial score (nSPS) is 30.5. The zero-order chi connectivity index (χ0) is 18.0. The molecule has 3 N–H and O–H groups in total. The van der Waals surface area contributed by atoms with Crippen molar-refractivity contribution < 1.29 is 15.3 Å². The molecule has 0 aromatic rings. The molecule has 0 amide bonds. The molecular formula is C20H42O3. The molecule has 0 radical (unpaired) electrons. The van der Waals surface area contributed by atoms with Gasteiger partial charge in [0.05, 0.1) is 5.60 Å². The Balaban J connectivity index is 0.000000688. The highest BCUT2D eigenvalue weighted by molar-refractivity contribution is 4.93. The van der Waals surface area contributed by atoms with Crippen LogP contribution < -0.4 is 0 Å². The smallest absolute Gasteiger partial charge is 0.0680 e. The van der Waals surface area contributed by atoms with Gasteiger partial charge in [0, 0.05) is 13.2 Å². The molecule has 1 saturated carbocycles. The standard InChI is InChI=1S/C15H30O2.C5H12O/c1-11(2)14-6-5-12(3)9-15(14,17)8-7-13(4)10-16;1-3-5(2)4-6/h11-14,16-17H,5-10H2,1-4H3;5-6H,3-4H2,1-2H3/t12-,13?,14?,15+;5-/m00/s1. The lowest BCUT2D eigenvalue weighted by Crippen LogP contribution is -2.45. The minimum absolute atomic E-state index is 0.234. The average Bonchev–Trinajstić information content (AvgIpc) is 2.51. The fourth-order valence-corrected chi connectivity index (χ4v) is 3.55. The lowest BCUT2D eigenvalue weighted by Gasteiger charge is -2.45. The van der Waals surface area contributed by atoms with Crippen molar-refractivity contribution in [1.82, 2.24) is 0 Å². The first-order valence-corrected chi connectivity index (χ1v) is 9.64. The van der Waals surface area contributed by atoms with Crippen LogP contribution in [0.25, 0.3) is 0 Å². The monoisotopic (exact) mass is 330 g/mol. The molecule has 0 aromatic heterocycles. The van der Waals surface area contributed by atoms with Gasteiger partial charge in [-0.15, -0.1) is 0 Å². The van der Waals surface area contributed by atoms with E-state index in [9.17, 15) is 5.11 Å². The molecule has 0 aromatic carbocycles. The lowest BCUT2D eigenvalue weighted by atomic mass is 9.65. The van der Waals surface area contributed by atoms with Crippen LogP contribution in [0.15, 0.2) is 0 Å². The fraction of sp³-hybridized carbons (Fsp3) is 1.00. The molecule has 1 aliphatic carbocycles. The van der Waals surface area contributed by atoms with Gasteiger partial charge in [0.25, 0.3) is 0 Å². The molecule has 3 nitrogen and oxygen atoms in total. The predicted molar refractivity (Wildman–Crippen MR) is 98.3 cm³/mol. The van der Waals surface area contributed by atoms with Crippen molar-refractivity contribution in [2.75, 3.05) is 13.2 Å². The Labute approximate surface area is 144 Å². The van der Waals surface area contributed by atoms with Crippen molar-refractivity contribution >= 4 is 0 Å². The predicted octanol–water partition coefficient (Wildman–Crippen LogP) is 4.24. The number of hydrogen-bond acceptors (Lipinski definition) is 3. The molecule has 0 heterocycles. The first kappa shape index (κ1) is 22.9. The summed E-state index contributed by atoms with van der Waals surface area (Å²) in [6.07, 6.45) is 6.21. The van der Waals surface area contributed by atoms with Crippen LogP contribution in [-0.2, 0) is 0 Å². The van der Waals surface area contributed by atoms with E-state index in [2.05, 4.69) is 34.6 Å². The summed E-state index contributed by atoms with van der Waals surface area (Å²) in [5.41, 5.74) is -0.491. The van der Waals surface area contributed by atoms with Crippen LogP contribution in [0.4, 0.5) is 0 Å². The molecule has 1 aliphatic rings. The van der Waals surface area contributed by atoms with Crippen LogP contribution in [0.1, 0.15) is 80.1 Å². The molecule has 0 spiro atoms. The second-order valence-corrected chi connectivity index (χ2v) is 8.36. The SMILES string of the molecule is CC(CO)CC[C@@]1(O)C[C@@H](C)CCC1C(C)C.CC[C@H](C)CO. The summed E-state index contributed by atoms with van der Waals surface area (Å²) in [6, 6.07) is 0. The van der Waals surface area contributed by atoms with Crippen LogP contribution in [0.5, 0.6) is 0 Å². The first-order valence-electron chi connectivity index (χ1n) is 9.64. The van der Waals surface area contributed by atoms with Crippen LogP contribution in [0.3, 0.4) is 0 Å². The summed E-state index contributed by atoms with van der Waals surface area (Å²) in [4.78, 5) is 0. The largest absolute Gasteiger partial charge is 0.396 e. The van der Waals surface area contributed by atoms with Gasteiger partial charge in [-0.25, -0.2) is 0 Å². The molecule has 1 fully saturated rings. The van der Waals surface area contributed by atoms with E-state index >= 15 is 0 Å². The summed E-state index contributed by atoms with van der Waals surface area (Å²) in [6.45, 7) is 13.4. The summed E-state index contributed by atoms with van der Waals surface area (Å²) in [7, 11) is 0. The molecule has 1 rings (SSSR count). The van der Waals surface area contributed by atoms with Crippen molar-refractivity contribution in [2.45, 2.75) is 85.7 Å². The van der Waals surface area contributed by atoms with Gasteiger partial charge in [-0.3, -0.25) is 0 Å². The van der Waals surface area contributed by atoms with Crippen molar-refractivity contribution in [2.24, 2.45) is 29.6 Å². The summed E-state index contributed by atoms with van der Waals surface area (Å²) < 4.78 is 0. The molecule has 0 aliphatic heterocycles. The van der Waals surface area contributed by atoms with E-state index in [1.807, 2.05) is 6.92 Å². The molecule has 140 valence electrons. The van der Waals surface area contributed by atoms with E-state index < -0.39 is 5.60 Å². The lowest BCUT2D eigenvalue weighted by molar-refractivity contribution is -0.0894. The van der Waals surface area contributed by atoms with E-state index in [1.165, 1.54) is 6.42 Å². The molecule has 5 atom stereocenters. The Bertz CT molecular complexity index is 289. The maximum atomic E-state index is 10.9. The summed E-state index contributed by atoms with van der Waals surface area (Å²) >= 11 is 0.